The summed E-state index contributed by atoms with van der Waals surface area (Å²) in [6.45, 7) is 1.64. The van der Waals surface area contributed by atoms with Crippen LogP contribution >= 0.6 is 11.6 Å². The van der Waals surface area contributed by atoms with E-state index >= 15 is 0 Å². The average Bonchev–Trinajstić information content (AvgIpc) is 2.84. The fraction of sp³-hybridized carbons (Fsp3) is 0.273. The van der Waals surface area contributed by atoms with E-state index in [0.717, 1.165) is 22.8 Å². The molecule has 32 heavy (non-hydrogen) atoms. The molecule has 10 heteroatoms. The highest BCUT2D eigenvalue weighted by Gasteiger charge is 2.31. The quantitative estimate of drug-likeness (QED) is 0.541. The van der Waals surface area contributed by atoms with Crippen LogP contribution in [0.3, 0.4) is 0 Å². The molecule has 4 rings (SSSR count). The van der Waals surface area contributed by atoms with Crippen molar-refractivity contribution in [2.75, 3.05) is 45.3 Å². The first-order valence-electron chi connectivity index (χ1n) is 9.97. The van der Waals surface area contributed by atoms with Crippen molar-refractivity contribution in [3.8, 4) is 22.8 Å². The third-order valence-electron chi connectivity index (χ3n) is 5.34. The van der Waals surface area contributed by atoms with Crippen molar-refractivity contribution in [3.63, 3.8) is 0 Å². The molecule has 2 heterocycles. The van der Waals surface area contributed by atoms with Crippen molar-refractivity contribution < 1.29 is 17.9 Å². The maximum atomic E-state index is 13.2. The van der Waals surface area contributed by atoms with Gasteiger partial charge in [0.2, 0.25) is 10.0 Å². The number of methoxy groups -OCH3 is 2. The Morgan fingerprint density at radius 3 is 2.28 bits per heavy atom. The summed E-state index contributed by atoms with van der Waals surface area (Å²) in [7, 11) is -0.673. The molecule has 1 aromatic heterocycles. The maximum absolute atomic E-state index is 13.2. The molecule has 0 unspecified atom stereocenters. The fourth-order valence-corrected chi connectivity index (χ4v) is 5.43. The predicted octanol–water partition coefficient (Wildman–Crippen LogP) is 3.33. The maximum Gasteiger partial charge on any atom is 0.246 e. The van der Waals surface area contributed by atoms with E-state index in [4.69, 9.17) is 21.1 Å². The Balaban J connectivity index is 1.50. The van der Waals surface area contributed by atoms with Gasteiger partial charge in [-0.15, -0.1) is 0 Å². The van der Waals surface area contributed by atoms with Gasteiger partial charge in [0, 0.05) is 42.8 Å². The minimum absolute atomic E-state index is 0.0739. The fourth-order valence-electron chi connectivity index (χ4n) is 3.59. The molecular formula is C22H23ClN4O4S. The van der Waals surface area contributed by atoms with Crippen molar-refractivity contribution in [1.29, 1.82) is 0 Å². The first-order valence-corrected chi connectivity index (χ1v) is 11.8. The monoisotopic (exact) mass is 474 g/mol. The van der Waals surface area contributed by atoms with Crippen molar-refractivity contribution in [2.45, 2.75) is 4.90 Å². The Bertz CT molecular complexity index is 1200. The minimum Gasteiger partial charge on any atom is -0.497 e. The molecule has 3 aromatic rings. The van der Waals surface area contributed by atoms with Crippen LogP contribution in [0.1, 0.15) is 0 Å². The molecule has 1 saturated heterocycles. The van der Waals surface area contributed by atoms with E-state index in [2.05, 4.69) is 14.9 Å². The van der Waals surface area contributed by atoms with Crippen LogP contribution in [0.4, 0.5) is 5.82 Å². The van der Waals surface area contributed by atoms with Crippen LogP contribution in [-0.4, -0.2) is 63.1 Å². The molecule has 1 aliphatic rings. The van der Waals surface area contributed by atoms with Crippen LogP contribution in [0.2, 0.25) is 5.02 Å². The standard InChI is InChI=1S/C22H23ClN4O4S/c1-30-18-6-3-16(4-7-18)19-14-22(25-15-24-19)26-9-11-27(12-10-26)32(28,29)21-13-17(23)5-8-20(21)31-2/h3-8,13-15H,9-12H2,1-2H3. The van der Waals surface area contributed by atoms with Crippen LogP contribution in [0.15, 0.2) is 59.8 Å². The van der Waals surface area contributed by atoms with Crippen LogP contribution < -0.4 is 14.4 Å². The summed E-state index contributed by atoms with van der Waals surface area (Å²) in [4.78, 5) is 10.9. The number of benzene rings is 2. The number of hydrogen-bond donors (Lipinski definition) is 0. The summed E-state index contributed by atoms with van der Waals surface area (Å²) < 4.78 is 38.3. The zero-order chi connectivity index (χ0) is 22.7. The van der Waals surface area contributed by atoms with Crippen LogP contribution in [0.25, 0.3) is 11.3 Å². The van der Waals surface area contributed by atoms with E-state index < -0.39 is 10.0 Å². The second-order valence-corrected chi connectivity index (χ2v) is 9.52. The van der Waals surface area contributed by atoms with Gasteiger partial charge in [0.15, 0.2) is 0 Å². The summed E-state index contributed by atoms with van der Waals surface area (Å²) in [5, 5.41) is 0.343. The molecule has 2 aromatic carbocycles. The highest BCUT2D eigenvalue weighted by molar-refractivity contribution is 7.89. The summed E-state index contributed by atoms with van der Waals surface area (Å²) in [6.07, 6.45) is 1.52. The van der Waals surface area contributed by atoms with Gasteiger partial charge in [0.1, 0.15) is 28.5 Å². The van der Waals surface area contributed by atoms with E-state index in [1.807, 2.05) is 30.3 Å². The molecule has 0 amide bonds. The van der Waals surface area contributed by atoms with E-state index in [1.165, 1.54) is 23.8 Å². The number of halogens is 1. The number of rotatable bonds is 6. The normalized spacial score (nSPS) is 14.9. The minimum atomic E-state index is -3.74. The molecule has 0 radical (unpaired) electrons. The molecular weight excluding hydrogens is 452 g/mol. The first-order chi connectivity index (χ1) is 15.4. The topological polar surface area (TPSA) is 84.9 Å². The smallest absolute Gasteiger partial charge is 0.246 e. The molecule has 1 aliphatic heterocycles. The van der Waals surface area contributed by atoms with Gasteiger partial charge in [0.25, 0.3) is 0 Å². The largest absolute Gasteiger partial charge is 0.497 e. The second kappa shape index (κ2) is 9.32. The summed E-state index contributed by atoms with van der Waals surface area (Å²) in [5.41, 5.74) is 1.74. The number of hydrogen-bond acceptors (Lipinski definition) is 7. The summed E-state index contributed by atoms with van der Waals surface area (Å²) >= 11 is 6.04. The van der Waals surface area contributed by atoms with Gasteiger partial charge in [-0.3, -0.25) is 0 Å². The van der Waals surface area contributed by atoms with Crippen molar-refractivity contribution in [2.24, 2.45) is 0 Å². The van der Waals surface area contributed by atoms with Crippen LogP contribution in [0, 0.1) is 0 Å². The lowest BCUT2D eigenvalue weighted by molar-refractivity contribution is 0.373. The van der Waals surface area contributed by atoms with Crippen LogP contribution in [-0.2, 0) is 10.0 Å². The van der Waals surface area contributed by atoms with Gasteiger partial charge >= 0.3 is 0 Å². The van der Waals surface area contributed by atoms with E-state index in [0.29, 0.717) is 31.2 Å². The zero-order valence-corrected chi connectivity index (χ0v) is 19.3. The zero-order valence-electron chi connectivity index (χ0n) is 17.7. The van der Waals surface area contributed by atoms with Gasteiger partial charge in [-0.05, 0) is 42.5 Å². The molecule has 168 valence electrons. The van der Waals surface area contributed by atoms with Crippen molar-refractivity contribution in [1.82, 2.24) is 14.3 Å². The lowest BCUT2D eigenvalue weighted by Gasteiger charge is -2.34. The molecule has 0 spiro atoms. The third-order valence-corrected chi connectivity index (χ3v) is 7.50. The molecule has 0 bridgehead atoms. The molecule has 0 saturated carbocycles. The van der Waals surface area contributed by atoms with E-state index in [1.54, 1.807) is 19.2 Å². The SMILES string of the molecule is COc1ccc(-c2cc(N3CCN(S(=O)(=O)c4cc(Cl)ccc4OC)CC3)ncn2)cc1. The Labute approximate surface area is 192 Å². The number of piperazine rings is 1. The highest BCUT2D eigenvalue weighted by atomic mass is 35.5. The predicted molar refractivity (Wildman–Crippen MR) is 123 cm³/mol. The number of anilines is 1. The van der Waals surface area contributed by atoms with Crippen molar-refractivity contribution >= 4 is 27.4 Å². The lowest BCUT2D eigenvalue weighted by atomic mass is 10.1. The van der Waals surface area contributed by atoms with E-state index in [9.17, 15) is 8.42 Å². The second-order valence-electron chi connectivity index (χ2n) is 7.18. The Morgan fingerprint density at radius 1 is 0.906 bits per heavy atom. The first kappa shape index (κ1) is 22.3. The highest BCUT2D eigenvalue weighted by Crippen LogP contribution is 2.31. The summed E-state index contributed by atoms with van der Waals surface area (Å²) in [5.74, 6) is 1.80. The van der Waals surface area contributed by atoms with Gasteiger partial charge in [-0.2, -0.15) is 4.31 Å². The molecule has 0 aliphatic carbocycles. The molecule has 0 atom stereocenters. The molecule has 8 nitrogen and oxygen atoms in total. The van der Waals surface area contributed by atoms with Crippen molar-refractivity contribution in [3.05, 3.63) is 59.9 Å². The number of ether oxygens (including phenoxy) is 2. The third kappa shape index (κ3) is 4.50. The molecule has 1 fully saturated rings. The van der Waals surface area contributed by atoms with Crippen LogP contribution in [0.5, 0.6) is 11.5 Å². The number of aromatic nitrogens is 2. The van der Waals surface area contributed by atoms with Gasteiger partial charge < -0.3 is 14.4 Å². The van der Waals surface area contributed by atoms with Gasteiger partial charge in [0.05, 0.1) is 19.9 Å². The Morgan fingerprint density at radius 2 is 1.62 bits per heavy atom. The van der Waals surface area contributed by atoms with Gasteiger partial charge in [-0.25, -0.2) is 18.4 Å². The van der Waals surface area contributed by atoms with Gasteiger partial charge in [-0.1, -0.05) is 11.6 Å². The Hall–Kier alpha value is -2.88. The average molecular weight is 475 g/mol. The molecule has 0 N–H and O–H groups in total. The number of nitrogens with zero attached hydrogens (tertiary/aromatic N) is 4. The number of sulfonamides is 1. The lowest BCUT2D eigenvalue weighted by Crippen LogP contribution is -2.49. The Kier molecular flexibility index (Phi) is 6.50. The van der Waals surface area contributed by atoms with E-state index in [-0.39, 0.29) is 10.6 Å². The summed E-state index contributed by atoms with van der Waals surface area (Å²) in [6, 6.07) is 14.1.